The first-order chi connectivity index (χ1) is 25.2. The second kappa shape index (κ2) is 28.9. The van der Waals surface area contributed by atoms with E-state index in [9.17, 15) is 22.0 Å². The SMILES string of the molecule is C=C/C(=C\C=C(/C)c1ccc(F)cc1F)CCCC1(C)CCCCC1.CC.CC.CC.CCn1nc(C(F)(F)F)cc1/C(C)=C/C=C\C=C\CC(C)C. The Morgan fingerprint density at radius 3 is 2.04 bits per heavy atom. The average molecular weight is 747 g/mol. The summed E-state index contributed by atoms with van der Waals surface area (Å²) in [4.78, 5) is 0. The van der Waals surface area contributed by atoms with Gasteiger partial charge in [-0.15, -0.1) is 0 Å². The van der Waals surface area contributed by atoms with Crippen molar-refractivity contribution < 1.29 is 22.0 Å². The molecule has 53 heavy (non-hydrogen) atoms. The van der Waals surface area contributed by atoms with Gasteiger partial charge < -0.3 is 0 Å². The highest BCUT2D eigenvalue weighted by molar-refractivity contribution is 5.66. The molecule has 300 valence electrons. The van der Waals surface area contributed by atoms with Gasteiger partial charge in [-0.1, -0.05) is 137 Å². The lowest BCUT2D eigenvalue weighted by molar-refractivity contribution is -0.141. The van der Waals surface area contributed by atoms with Crippen LogP contribution in [0.15, 0.2) is 85.0 Å². The summed E-state index contributed by atoms with van der Waals surface area (Å²) in [7, 11) is 0. The maximum absolute atomic E-state index is 13.8. The third-order valence-corrected chi connectivity index (χ3v) is 8.56. The zero-order valence-electron chi connectivity index (χ0n) is 35.1. The molecule has 0 aliphatic heterocycles. The van der Waals surface area contributed by atoms with Crippen LogP contribution >= 0.6 is 0 Å². The van der Waals surface area contributed by atoms with Gasteiger partial charge in [0, 0.05) is 18.2 Å². The van der Waals surface area contributed by atoms with E-state index >= 15 is 0 Å². The van der Waals surface area contributed by atoms with E-state index < -0.39 is 23.5 Å². The molecule has 2 aromatic rings. The molecule has 0 bridgehead atoms. The Hall–Kier alpha value is -3.48. The average Bonchev–Trinajstić information content (AvgIpc) is 3.60. The lowest BCUT2D eigenvalue weighted by Crippen LogP contribution is -2.19. The molecule has 0 N–H and O–H groups in total. The van der Waals surface area contributed by atoms with Crippen molar-refractivity contribution in [1.82, 2.24) is 9.78 Å². The number of hydrogen-bond donors (Lipinski definition) is 0. The third-order valence-electron chi connectivity index (χ3n) is 8.56. The first kappa shape index (κ1) is 51.6. The van der Waals surface area contributed by atoms with Gasteiger partial charge in [-0.25, -0.2) is 8.78 Å². The van der Waals surface area contributed by atoms with E-state index in [1.54, 1.807) is 19.9 Å². The zero-order chi connectivity index (χ0) is 41.0. The second-order valence-electron chi connectivity index (χ2n) is 13.2. The van der Waals surface area contributed by atoms with Crippen molar-refractivity contribution >= 4 is 11.1 Å². The van der Waals surface area contributed by atoms with Crippen molar-refractivity contribution in [2.24, 2.45) is 11.3 Å². The number of hydrogen-bond acceptors (Lipinski definition) is 1. The summed E-state index contributed by atoms with van der Waals surface area (Å²) >= 11 is 0. The monoisotopic (exact) mass is 747 g/mol. The molecule has 1 heterocycles. The van der Waals surface area contributed by atoms with Crippen LogP contribution in [0.4, 0.5) is 22.0 Å². The van der Waals surface area contributed by atoms with E-state index in [4.69, 9.17) is 0 Å². The molecule has 1 aromatic heterocycles. The Morgan fingerprint density at radius 2 is 1.51 bits per heavy atom. The molecule has 0 radical (unpaired) electrons. The molecule has 0 spiro atoms. The molecular weight excluding hydrogens is 676 g/mol. The largest absolute Gasteiger partial charge is 0.435 e. The number of benzene rings is 1. The van der Waals surface area contributed by atoms with Crippen molar-refractivity contribution in [2.45, 2.75) is 154 Å². The van der Waals surface area contributed by atoms with Gasteiger partial charge in [0.15, 0.2) is 5.69 Å². The fourth-order valence-corrected chi connectivity index (χ4v) is 5.65. The standard InChI is InChI=1S/C23H30F2.C17H23F3N2.3C2H6/c1-4-19(9-8-16-23(3)14-6-5-7-15-23)11-10-18(2)21-13-12-20(24)17-22(21)25;1-5-22-15(12-16(21-22)17(18,19)20)14(4)11-9-7-6-8-10-13(2)3;3*1-2/h4,10-13,17H,1,5-9,14-16H2,2-3H3;6-9,11-13H,5,10H2,1-4H3;3*1-2H3/b18-10+,19-11+;8-6+,9-7-,14-11+;;;. The summed E-state index contributed by atoms with van der Waals surface area (Å²) in [5, 5.41) is 3.61. The lowest BCUT2D eigenvalue weighted by atomic mass is 9.72. The summed E-state index contributed by atoms with van der Waals surface area (Å²) in [5.74, 6) is -0.457. The highest BCUT2D eigenvalue weighted by atomic mass is 19.4. The minimum atomic E-state index is -4.41. The number of allylic oxidation sites excluding steroid dienone is 11. The Morgan fingerprint density at radius 1 is 0.887 bits per heavy atom. The smallest absolute Gasteiger partial charge is 0.265 e. The predicted molar refractivity (Wildman–Crippen MR) is 222 cm³/mol. The maximum Gasteiger partial charge on any atom is 0.435 e. The van der Waals surface area contributed by atoms with Crippen LogP contribution in [0.5, 0.6) is 0 Å². The van der Waals surface area contributed by atoms with Gasteiger partial charge >= 0.3 is 6.18 Å². The van der Waals surface area contributed by atoms with Crippen LogP contribution in [0, 0.1) is 23.0 Å². The molecule has 0 saturated heterocycles. The van der Waals surface area contributed by atoms with Gasteiger partial charge in [0.1, 0.15) is 11.6 Å². The van der Waals surface area contributed by atoms with Crippen LogP contribution in [-0.2, 0) is 12.7 Å². The highest BCUT2D eigenvalue weighted by Crippen LogP contribution is 2.40. The lowest BCUT2D eigenvalue weighted by Gasteiger charge is -2.33. The van der Waals surface area contributed by atoms with Crippen LogP contribution in [0.1, 0.15) is 158 Å². The van der Waals surface area contributed by atoms with Crippen LogP contribution in [0.2, 0.25) is 0 Å². The van der Waals surface area contributed by atoms with Gasteiger partial charge in [-0.05, 0) is 106 Å². The molecule has 1 aliphatic carbocycles. The number of alkyl halides is 3. The summed E-state index contributed by atoms with van der Waals surface area (Å²) in [6.45, 7) is 28.4. The quantitative estimate of drug-likeness (QED) is 0.147. The van der Waals surface area contributed by atoms with Gasteiger partial charge in [0.05, 0.1) is 5.69 Å². The molecule has 0 unspecified atom stereocenters. The predicted octanol–water partition coefficient (Wildman–Crippen LogP) is 16.2. The number of rotatable bonds is 13. The van der Waals surface area contributed by atoms with Crippen molar-refractivity contribution in [1.29, 1.82) is 0 Å². The van der Waals surface area contributed by atoms with E-state index in [2.05, 4.69) is 38.5 Å². The van der Waals surface area contributed by atoms with E-state index in [0.717, 1.165) is 42.5 Å². The minimum absolute atomic E-state index is 0.397. The molecular formula is C46H71F5N2. The van der Waals surface area contributed by atoms with E-state index in [1.807, 2.05) is 84.9 Å². The second-order valence-corrected chi connectivity index (χ2v) is 13.2. The summed E-state index contributed by atoms with van der Waals surface area (Å²) in [5.41, 5.74) is 3.29. The first-order valence-corrected chi connectivity index (χ1v) is 19.8. The summed E-state index contributed by atoms with van der Waals surface area (Å²) in [6, 6.07) is 4.80. The highest BCUT2D eigenvalue weighted by Gasteiger charge is 2.34. The van der Waals surface area contributed by atoms with Gasteiger partial charge in [0.2, 0.25) is 0 Å². The van der Waals surface area contributed by atoms with Crippen LogP contribution in [0.25, 0.3) is 11.1 Å². The summed E-state index contributed by atoms with van der Waals surface area (Å²) in [6.07, 6.45) is 22.1. The summed E-state index contributed by atoms with van der Waals surface area (Å²) < 4.78 is 66.4. The first-order valence-electron chi connectivity index (χ1n) is 19.8. The third kappa shape index (κ3) is 21.1. The molecule has 0 amide bonds. The fourth-order valence-electron chi connectivity index (χ4n) is 5.65. The number of nitrogens with zero attached hydrogens (tertiary/aromatic N) is 2. The van der Waals surface area contributed by atoms with Crippen molar-refractivity contribution in [2.75, 3.05) is 0 Å². The topological polar surface area (TPSA) is 17.8 Å². The maximum atomic E-state index is 13.8. The normalized spacial score (nSPS) is 14.7. The van der Waals surface area contributed by atoms with E-state index in [0.29, 0.717) is 29.1 Å². The molecule has 1 aliphatic rings. The van der Waals surface area contributed by atoms with Crippen molar-refractivity contribution in [3.63, 3.8) is 0 Å². The van der Waals surface area contributed by atoms with E-state index in [-0.39, 0.29) is 0 Å². The molecule has 3 rings (SSSR count). The minimum Gasteiger partial charge on any atom is -0.265 e. The van der Waals surface area contributed by atoms with Crippen molar-refractivity contribution in [3.05, 3.63) is 114 Å². The van der Waals surface area contributed by atoms with Crippen LogP contribution < -0.4 is 0 Å². The van der Waals surface area contributed by atoms with Gasteiger partial charge in [-0.3, -0.25) is 4.68 Å². The van der Waals surface area contributed by atoms with Crippen molar-refractivity contribution in [3.8, 4) is 0 Å². The number of aromatic nitrogens is 2. The van der Waals surface area contributed by atoms with E-state index in [1.165, 1.54) is 60.9 Å². The van der Waals surface area contributed by atoms with Crippen LogP contribution in [-0.4, -0.2) is 9.78 Å². The number of halogens is 5. The Balaban J connectivity index is 0. The zero-order valence-corrected chi connectivity index (χ0v) is 35.1. The molecule has 2 nitrogen and oxygen atoms in total. The molecule has 0 atom stereocenters. The molecule has 7 heteroatoms. The molecule has 1 saturated carbocycles. The Labute approximate surface area is 320 Å². The van der Waals surface area contributed by atoms with Gasteiger partial charge in [-0.2, -0.15) is 18.3 Å². The molecule has 1 fully saturated rings. The van der Waals surface area contributed by atoms with Crippen LogP contribution in [0.3, 0.4) is 0 Å². The Bertz CT molecular complexity index is 1430. The fraction of sp³-hybridized carbons (Fsp3) is 0.543. The Kier molecular flexibility index (Phi) is 28.2. The molecule has 1 aromatic carbocycles. The van der Waals surface area contributed by atoms with Gasteiger partial charge in [0.25, 0.3) is 0 Å². The number of aryl methyl sites for hydroxylation is 1.